The van der Waals surface area contributed by atoms with Gasteiger partial charge < -0.3 is 10.1 Å². The van der Waals surface area contributed by atoms with E-state index in [2.05, 4.69) is 24.4 Å². The number of amides is 2. The summed E-state index contributed by atoms with van der Waals surface area (Å²) in [4.78, 5) is 27.1. The van der Waals surface area contributed by atoms with Crippen molar-refractivity contribution in [3.05, 3.63) is 59.2 Å². The van der Waals surface area contributed by atoms with Crippen LogP contribution in [0, 0.1) is 13.8 Å². The predicted molar refractivity (Wildman–Crippen MR) is 137 cm³/mol. The van der Waals surface area contributed by atoms with E-state index in [1.807, 2.05) is 65.0 Å². The average molecular weight is 453 g/mol. The molecule has 0 saturated heterocycles. The SMILES string of the molecule is CCCCN(C(=O)OC(C)(C)C)c1cc(C)c(NC(=O)CCCCc2ccccc2)c(C)c1. The highest BCUT2D eigenvalue weighted by Crippen LogP contribution is 2.29. The minimum Gasteiger partial charge on any atom is -0.443 e. The van der Waals surface area contributed by atoms with Gasteiger partial charge in [0, 0.05) is 24.3 Å². The van der Waals surface area contributed by atoms with Crippen LogP contribution in [0.2, 0.25) is 0 Å². The quantitative estimate of drug-likeness (QED) is 0.388. The molecule has 0 atom stereocenters. The van der Waals surface area contributed by atoms with Crippen LogP contribution in [0.25, 0.3) is 0 Å². The molecular formula is C28H40N2O3. The summed E-state index contributed by atoms with van der Waals surface area (Å²) in [6.07, 6.45) is 4.84. The maximum Gasteiger partial charge on any atom is 0.414 e. The van der Waals surface area contributed by atoms with Crippen molar-refractivity contribution in [3.8, 4) is 0 Å². The Morgan fingerprint density at radius 2 is 1.61 bits per heavy atom. The number of unbranched alkanes of at least 4 members (excludes halogenated alkanes) is 2. The minimum absolute atomic E-state index is 0.0250. The minimum atomic E-state index is -0.555. The third-order valence-corrected chi connectivity index (χ3v) is 5.40. The monoisotopic (exact) mass is 452 g/mol. The summed E-state index contributed by atoms with van der Waals surface area (Å²) in [5, 5.41) is 3.08. The van der Waals surface area contributed by atoms with Crippen LogP contribution < -0.4 is 10.2 Å². The number of nitrogens with one attached hydrogen (secondary N) is 1. The molecule has 2 amide bonds. The number of carbonyl (C=O) groups is 2. The van der Waals surface area contributed by atoms with Crippen molar-refractivity contribution >= 4 is 23.4 Å². The van der Waals surface area contributed by atoms with Gasteiger partial charge in [-0.2, -0.15) is 0 Å². The molecule has 0 aliphatic heterocycles. The fourth-order valence-electron chi connectivity index (χ4n) is 3.71. The van der Waals surface area contributed by atoms with Gasteiger partial charge in [-0.3, -0.25) is 9.69 Å². The average Bonchev–Trinajstić information content (AvgIpc) is 2.73. The molecule has 0 aliphatic rings. The van der Waals surface area contributed by atoms with Crippen molar-refractivity contribution in [2.24, 2.45) is 0 Å². The lowest BCUT2D eigenvalue weighted by Crippen LogP contribution is -2.37. The Morgan fingerprint density at radius 3 is 2.18 bits per heavy atom. The number of benzene rings is 2. The first-order valence-electron chi connectivity index (χ1n) is 12.1. The van der Waals surface area contributed by atoms with E-state index in [0.29, 0.717) is 13.0 Å². The van der Waals surface area contributed by atoms with Crippen LogP contribution in [0.4, 0.5) is 16.2 Å². The van der Waals surface area contributed by atoms with Gasteiger partial charge in [0.15, 0.2) is 0 Å². The largest absolute Gasteiger partial charge is 0.443 e. The van der Waals surface area contributed by atoms with Crippen LogP contribution in [0.5, 0.6) is 0 Å². The Balaban J connectivity index is 2.02. The lowest BCUT2D eigenvalue weighted by atomic mass is 10.1. The van der Waals surface area contributed by atoms with E-state index >= 15 is 0 Å². The van der Waals surface area contributed by atoms with E-state index in [4.69, 9.17) is 4.74 Å². The molecule has 0 heterocycles. The molecule has 180 valence electrons. The Kier molecular flexibility index (Phi) is 9.95. The summed E-state index contributed by atoms with van der Waals surface area (Å²) < 4.78 is 5.63. The summed E-state index contributed by atoms with van der Waals surface area (Å²) in [5.74, 6) is 0.0250. The second-order valence-electron chi connectivity index (χ2n) is 9.68. The molecule has 0 aliphatic carbocycles. The molecular weight excluding hydrogens is 412 g/mol. The molecule has 33 heavy (non-hydrogen) atoms. The van der Waals surface area contributed by atoms with Crippen LogP contribution >= 0.6 is 0 Å². The molecule has 0 aromatic heterocycles. The lowest BCUT2D eigenvalue weighted by Gasteiger charge is -2.28. The number of anilines is 2. The fourth-order valence-corrected chi connectivity index (χ4v) is 3.71. The molecule has 5 heteroatoms. The van der Waals surface area contributed by atoms with Crippen molar-refractivity contribution in [1.82, 2.24) is 0 Å². The van der Waals surface area contributed by atoms with Crippen LogP contribution in [-0.4, -0.2) is 24.1 Å². The van der Waals surface area contributed by atoms with E-state index < -0.39 is 5.60 Å². The van der Waals surface area contributed by atoms with Crippen molar-refractivity contribution in [2.45, 2.75) is 85.7 Å². The predicted octanol–water partition coefficient (Wildman–Crippen LogP) is 7.20. The van der Waals surface area contributed by atoms with Crippen molar-refractivity contribution < 1.29 is 14.3 Å². The van der Waals surface area contributed by atoms with Gasteiger partial charge in [-0.15, -0.1) is 0 Å². The van der Waals surface area contributed by atoms with Gasteiger partial charge in [-0.1, -0.05) is 43.7 Å². The number of aryl methyl sites for hydroxylation is 3. The molecule has 0 spiro atoms. The second kappa shape index (κ2) is 12.4. The highest BCUT2D eigenvalue weighted by Gasteiger charge is 2.24. The van der Waals surface area contributed by atoms with Crippen LogP contribution in [0.1, 0.15) is 76.5 Å². The Morgan fingerprint density at radius 1 is 0.970 bits per heavy atom. The summed E-state index contributed by atoms with van der Waals surface area (Å²) in [6.45, 7) is 12.2. The Labute approximate surface area is 199 Å². The van der Waals surface area contributed by atoms with Gasteiger partial charge >= 0.3 is 6.09 Å². The summed E-state index contributed by atoms with van der Waals surface area (Å²) in [7, 11) is 0. The van der Waals surface area contributed by atoms with Gasteiger partial charge in [0.25, 0.3) is 0 Å². The summed E-state index contributed by atoms with van der Waals surface area (Å²) in [6, 6.07) is 14.3. The van der Waals surface area contributed by atoms with Crippen molar-refractivity contribution in [3.63, 3.8) is 0 Å². The van der Waals surface area contributed by atoms with Crippen LogP contribution in [0.15, 0.2) is 42.5 Å². The molecule has 0 fully saturated rings. The zero-order valence-corrected chi connectivity index (χ0v) is 21.2. The molecule has 0 unspecified atom stereocenters. The smallest absolute Gasteiger partial charge is 0.414 e. The highest BCUT2D eigenvalue weighted by atomic mass is 16.6. The molecule has 2 aromatic carbocycles. The first-order chi connectivity index (χ1) is 15.6. The first kappa shape index (κ1) is 26.4. The molecule has 2 rings (SSSR count). The number of hydrogen-bond acceptors (Lipinski definition) is 3. The molecule has 0 bridgehead atoms. The van der Waals surface area contributed by atoms with E-state index in [1.165, 1.54) is 5.56 Å². The van der Waals surface area contributed by atoms with Gasteiger partial charge in [0.05, 0.1) is 0 Å². The maximum atomic E-state index is 12.8. The van der Waals surface area contributed by atoms with E-state index in [1.54, 1.807) is 4.90 Å². The third kappa shape index (κ3) is 8.91. The topological polar surface area (TPSA) is 58.6 Å². The van der Waals surface area contributed by atoms with Crippen molar-refractivity contribution in [2.75, 3.05) is 16.8 Å². The van der Waals surface area contributed by atoms with Gasteiger partial charge in [0.1, 0.15) is 5.60 Å². The van der Waals surface area contributed by atoms with E-state index in [9.17, 15) is 9.59 Å². The third-order valence-electron chi connectivity index (χ3n) is 5.40. The second-order valence-corrected chi connectivity index (χ2v) is 9.68. The number of carbonyl (C=O) groups excluding carboxylic acids is 2. The summed E-state index contributed by atoms with van der Waals surface area (Å²) in [5.41, 5.74) is 4.25. The highest BCUT2D eigenvalue weighted by molar-refractivity contribution is 5.94. The number of hydrogen-bond donors (Lipinski definition) is 1. The fraction of sp³-hybridized carbons (Fsp3) is 0.500. The molecule has 0 radical (unpaired) electrons. The summed E-state index contributed by atoms with van der Waals surface area (Å²) >= 11 is 0. The lowest BCUT2D eigenvalue weighted by molar-refractivity contribution is -0.116. The zero-order valence-electron chi connectivity index (χ0n) is 21.2. The van der Waals surface area contributed by atoms with E-state index in [-0.39, 0.29) is 12.0 Å². The standard InChI is InChI=1S/C28H40N2O3/c1-7-8-18-30(27(32)33-28(4,5)6)24-19-21(2)26(22(3)20-24)29-25(31)17-13-12-16-23-14-10-9-11-15-23/h9-11,14-15,19-20H,7-8,12-13,16-18H2,1-6H3,(H,29,31). The number of ether oxygens (including phenoxy) is 1. The zero-order chi connectivity index (χ0) is 24.4. The van der Waals surface area contributed by atoms with Gasteiger partial charge in [-0.05, 0) is 89.1 Å². The Bertz CT molecular complexity index is 893. The van der Waals surface area contributed by atoms with Gasteiger partial charge in [-0.25, -0.2) is 4.79 Å². The first-order valence-corrected chi connectivity index (χ1v) is 12.1. The maximum absolute atomic E-state index is 12.8. The molecule has 0 saturated carbocycles. The number of nitrogens with zero attached hydrogens (tertiary/aromatic N) is 1. The number of rotatable bonds is 10. The normalized spacial score (nSPS) is 11.2. The Hall–Kier alpha value is -2.82. The van der Waals surface area contributed by atoms with Crippen molar-refractivity contribution in [1.29, 1.82) is 0 Å². The van der Waals surface area contributed by atoms with Gasteiger partial charge in [0.2, 0.25) is 5.91 Å². The molecule has 5 nitrogen and oxygen atoms in total. The molecule has 1 N–H and O–H groups in total. The van der Waals surface area contributed by atoms with E-state index in [0.717, 1.165) is 54.6 Å². The molecule has 2 aromatic rings. The van der Waals surface area contributed by atoms with Crippen LogP contribution in [0.3, 0.4) is 0 Å². The van der Waals surface area contributed by atoms with Crippen LogP contribution in [-0.2, 0) is 16.0 Å².